The highest BCUT2D eigenvalue weighted by Crippen LogP contribution is 2.37. The fourth-order valence-electron chi connectivity index (χ4n) is 4.12. The number of ketones is 1. The number of carbonyl (C=O) groups is 1. The van der Waals surface area contributed by atoms with Crippen molar-refractivity contribution in [2.75, 3.05) is 13.2 Å². The molecule has 2 unspecified atom stereocenters. The summed E-state index contributed by atoms with van der Waals surface area (Å²) < 4.78 is 7.51. The summed E-state index contributed by atoms with van der Waals surface area (Å²) in [7, 11) is 0. The molecule has 2 aliphatic rings. The van der Waals surface area contributed by atoms with Crippen molar-refractivity contribution in [3.05, 3.63) is 29.5 Å². The molecule has 1 aliphatic carbocycles. The molecule has 0 bridgehead atoms. The second-order valence-corrected chi connectivity index (χ2v) is 8.52. The average molecular weight is 442 g/mol. The highest BCUT2D eigenvalue weighted by Gasteiger charge is 2.33. The number of hydrogen-bond acceptors (Lipinski definition) is 3. The number of halogens is 1. The van der Waals surface area contributed by atoms with Gasteiger partial charge in [0.2, 0.25) is 0 Å². The molecular formula is C17H20IN2O2P. The Labute approximate surface area is 150 Å². The van der Waals surface area contributed by atoms with E-state index in [0.717, 1.165) is 56.4 Å². The second kappa shape index (κ2) is 6.77. The molecule has 0 radical (unpaired) electrons. The third-order valence-electron chi connectivity index (χ3n) is 5.32. The fourth-order valence-corrected chi connectivity index (χ4v) is 5.66. The van der Waals surface area contributed by atoms with Gasteiger partial charge >= 0.3 is 0 Å². The monoisotopic (exact) mass is 442 g/mol. The van der Waals surface area contributed by atoms with Gasteiger partial charge in [0, 0.05) is 30.1 Å². The Hall–Kier alpha value is -0.520. The summed E-state index contributed by atoms with van der Waals surface area (Å²) in [6, 6.07) is 4.13. The van der Waals surface area contributed by atoms with Gasteiger partial charge in [0.15, 0.2) is 5.78 Å². The largest absolute Gasteiger partial charge is 0.381 e. The van der Waals surface area contributed by atoms with Crippen LogP contribution in [0.4, 0.5) is 0 Å². The van der Waals surface area contributed by atoms with Gasteiger partial charge < -0.3 is 4.74 Å². The van der Waals surface area contributed by atoms with Crippen molar-refractivity contribution in [1.82, 2.24) is 9.55 Å². The van der Waals surface area contributed by atoms with E-state index in [4.69, 9.17) is 4.74 Å². The maximum atomic E-state index is 13.2. The number of hydrogen-bond donors (Lipinski definition) is 0. The minimum atomic E-state index is 0.180. The third kappa shape index (κ3) is 2.85. The Bertz CT molecular complexity index is 740. The number of Topliss-reactive ketones (excluding diaryl/α,β-unsaturated/α-hetero) is 1. The minimum absolute atomic E-state index is 0.180. The molecule has 1 aromatic heterocycles. The highest BCUT2D eigenvalue weighted by atomic mass is 127. The smallest absolute Gasteiger partial charge is 0.166 e. The first-order valence-corrected chi connectivity index (χ1v) is 12.3. The number of rotatable bonds is 2. The zero-order valence-electron chi connectivity index (χ0n) is 12.9. The van der Waals surface area contributed by atoms with Crippen LogP contribution in [-0.4, -0.2) is 28.5 Å². The molecule has 0 amide bonds. The zero-order chi connectivity index (χ0) is 15.8. The van der Waals surface area contributed by atoms with Gasteiger partial charge in [-0.1, -0.05) is 0 Å². The molecular weight excluding hydrogens is 422 g/mol. The van der Waals surface area contributed by atoms with Gasteiger partial charge in [0.25, 0.3) is 0 Å². The predicted molar refractivity (Wildman–Crippen MR) is 102 cm³/mol. The Morgan fingerprint density at radius 3 is 2.87 bits per heavy atom. The first kappa shape index (κ1) is 16.0. The van der Waals surface area contributed by atoms with Crippen LogP contribution in [-0.2, 0) is 11.2 Å². The molecule has 2 atom stereocenters. The normalized spacial score (nSPS) is 23.5. The van der Waals surface area contributed by atoms with E-state index in [0.29, 0.717) is 18.1 Å². The quantitative estimate of drug-likeness (QED) is 0.394. The van der Waals surface area contributed by atoms with E-state index in [9.17, 15) is 4.79 Å². The number of fused-ring (bicyclic) bond motifs is 3. The minimum Gasteiger partial charge on any atom is -0.381 e. The van der Waals surface area contributed by atoms with E-state index >= 15 is 0 Å². The van der Waals surface area contributed by atoms with Crippen LogP contribution >= 0.6 is 28.4 Å². The van der Waals surface area contributed by atoms with Crippen molar-refractivity contribution >= 4 is 45.1 Å². The molecule has 2 heterocycles. The van der Waals surface area contributed by atoms with Crippen LogP contribution in [0.15, 0.2) is 18.3 Å². The van der Waals surface area contributed by atoms with E-state index in [1.807, 2.05) is 16.7 Å². The second-order valence-electron chi connectivity index (χ2n) is 6.48. The van der Waals surface area contributed by atoms with Crippen LogP contribution in [0.25, 0.3) is 10.9 Å². The van der Waals surface area contributed by atoms with Crippen LogP contribution in [0.5, 0.6) is 0 Å². The number of aromatic nitrogens is 2. The molecule has 122 valence electrons. The number of nitrogens with zero attached hydrogens (tertiary/aromatic N) is 2. The lowest BCUT2D eigenvalue weighted by Gasteiger charge is -2.28. The highest BCUT2D eigenvalue weighted by molar-refractivity contribution is 14.2. The van der Waals surface area contributed by atoms with Gasteiger partial charge in [-0.25, -0.2) is 4.45 Å². The molecule has 1 saturated heterocycles. The lowest BCUT2D eigenvalue weighted by molar-refractivity contribution is 0.0417. The molecule has 4 nitrogen and oxygen atoms in total. The summed E-state index contributed by atoms with van der Waals surface area (Å²) in [4.78, 5) is 13.2. The topological polar surface area (TPSA) is 44.1 Å². The lowest BCUT2D eigenvalue weighted by Crippen LogP contribution is -2.28. The SMILES string of the molecule is O=C1c2ccc3c(cnn3PI)c2CCCC1C1CCOCC1. The molecule has 1 aliphatic heterocycles. The summed E-state index contributed by atoms with van der Waals surface area (Å²) in [5.41, 5.74) is 3.33. The van der Waals surface area contributed by atoms with Gasteiger partial charge in [0.1, 0.15) is 0 Å². The average Bonchev–Trinajstić information content (AvgIpc) is 2.94. The number of aryl methyl sites for hydroxylation is 1. The van der Waals surface area contributed by atoms with Crippen molar-refractivity contribution in [2.24, 2.45) is 11.8 Å². The van der Waals surface area contributed by atoms with Crippen LogP contribution < -0.4 is 0 Å². The molecule has 2 aromatic rings. The lowest BCUT2D eigenvalue weighted by atomic mass is 9.79. The zero-order valence-corrected chi connectivity index (χ0v) is 16.1. The Morgan fingerprint density at radius 2 is 2.09 bits per heavy atom. The van der Waals surface area contributed by atoms with Crippen LogP contribution in [0.1, 0.15) is 41.6 Å². The standard InChI is InChI=1S/C17H20IN2O2P/c18-23-20-16-5-4-14-13(15(16)10-19-20)3-1-2-12(17(14)21)11-6-8-22-9-7-11/h4-5,10-12,23H,1-3,6-9H2. The van der Waals surface area contributed by atoms with E-state index in [-0.39, 0.29) is 5.92 Å². The number of ether oxygens (including phenoxy) is 1. The summed E-state index contributed by atoms with van der Waals surface area (Å²) in [5.74, 6) is 1.03. The molecule has 4 rings (SSSR count). The van der Waals surface area contributed by atoms with Crippen molar-refractivity contribution < 1.29 is 9.53 Å². The van der Waals surface area contributed by atoms with E-state index in [1.54, 1.807) is 0 Å². The van der Waals surface area contributed by atoms with E-state index < -0.39 is 0 Å². The van der Waals surface area contributed by atoms with Crippen LogP contribution in [0, 0.1) is 11.8 Å². The van der Waals surface area contributed by atoms with Gasteiger partial charge in [-0.3, -0.25) is 4.79 Å². The van der Waals surface area contributed by atoms with Gasteiger partial charge in [-0.2, -0.15) is 5.10 Å². The van der Waals surface area contributed by atoms with Crippen molar-refractivity contribution in [2.45, 2.75) is 32.1 Å². The summed E-state index contributed by atoms with van der Waals surface area (Å²) >= 11 is 2.35. The Balaban J connectivity index is 1.74. The molecule has 1 aromatic carbocycles. The first-order chi connectivity index (χ1) is 11.3. The number of carbonyl (C=O) groups excluding carboxylic acids is 1. The molecule has 6 heteroatoms. The van der Waals surface area contributed by atoms with E-state index in [2.05, 4.69) is 33.2 Å². The summed E-state index contributed by atoms with van der Waals surface area (Å²) in [6.45, 7) is 1.62. The summed E-state index contributed by atoms with van der Waals surface area (Å²) in [6.07, 6.45) is 7.70. The van der Waals surface area contributed by atoms with Gasteiger partial charge in [0.05, 0.1) is 18.1 Å². The van der Waals surface area contributed by atoms with Crippen molar-refractivity contribution in [3.63, 3.8) is 0 Å². The Morgan fingerprint density at radius 1 is 1.26 bits per heavy atom. The maximum absolute atomic E-state index is 13.2. The fraction of sp³-hybridized carbons (Fsp3) is 0.529. The molecule has 1 fully saturated rings. The maximum Gasteiger partial charge on any atom is 0.166 e. The van der Waals surface area contributed by atoms with E-state index in [1.165, 1.54) is 10.9 Å². The van der Waals surface area contributed by atoms with Crippen molar-refractivity contribution in [1.29, 1.82) is 0 Å². The number of benzene rings is 1. The van der Waals surface area contributed by atoms with Gasteiger partial charge in [-0.15, -0.1) is 0 Å². The molecule has 23 heavy (non-hydrogen) atoms. The molecule has 0 N–H and O–H groups in total. The van der Waals surface area contributed by atoms with Crippen molar-refractivity contribution in [3.8, 4) is 0 Å². The third-order valence-corrected chi connectivity index (χ3v) is 7.21. The summed E-state index contributed by atoms with van der Waals surface area (Å²) in [5, 5.41) is 5.65. The Kier molecular flexibility index (Phi) is 4.70. The first-order valence-electron chi connectivity index (χ1n) is 8.28. The van der Waals surface area contributed by atoms with Crippen LogP contribution in [0.2, 0.25) is 0 Å². The molecule has 0 saturated carbocycles. The molecule has 0 spiro atoms. The van der Waals surface area contributed by atoms with Gasteiger partial charge in [-0.05, 0) is 77.8 Å². The predicted octanol–water partition coefficient (Wildman–Crippen LogP) is 4.39. The van der Waals surface area contributed by atoms with Crippen LogP contribution in [0.3, 0.4) is 0 Å².